The summed E-state index contributed by atoms with van der Waals surface area (Å²) in [6.45, 7) is 0.594. The summed E-state index contributed by atoms with van der Waals surface area (Å²) in [5, 5.41) is 10.6. The Hall–Kier alpha value is -2.45. The van der Waals surface area contributed by atoms with Gasteiger partial charge in [-0.2, -0.15) is 13.2 Å². The number of alkyl halides is 3. The van der Waals surface area contributed by atoms with Crippen LogP contribution in [-0.2, 0) is 17.5 Å². The first kappa shape index (κ1) is 16.4. The van der Waals surface area contributed by atoms with Gasteiger partial charge in [0.1, 0.15) is 12.9 Å². The van der Waals surface area contributed by atoms with Crippen molar-refractivity contribution in [1.29, 1.82) is 0 Å². The number of tetrazole rings is 1. The minimum absolute atomic E-state index is 0.0180. The number of hydrogen-bond donors (Lipinski definition) is 0. The van der Waals surface area contributed by atoms with Crippen LogP contribution in [0.4, 0.5) is 13.2 Å². The van der Waals surface area contributed by atoms with Gasteiger partial charge in [0.25, 0.3) is 0 Å². The predicted octanol–water partition coefficient (Wildman–Crippen LogP) is 2.45. The zero-order chi connectivity index (χ0) is 17.2. The molecule has 0 spiro atoms. The molecule has 0 saturated carbocycles. The van der Waals surface area contributed by atoms with Gasteiger partial charge < -0.3 is 4.90 Å². The highest BCUT2D eigenvalue weighted by molar-refractivity contribution is 5.76. The van der Waals surface area contributed by atoms with E-state index in [4.69, 9.17) is 0 Å². The standard InChI is InChI=1S/C15H16F3N5O/c16-15(17,18)12-6-4-11(5-7-12)13-3-1-2-8-23(13)14(24)9-22-10-19-20-21-22/h4-7,10,13H,1-3,8-9H2. The lowest BCUT2D eigenvalue weighted by molar-refractivity contribution is -0.138. The highest BCUT2D eigenvalue weighted by Crippen LogP contribution is 2.34. The smallest absolute Gasteiger partial charge is 0.334 e. The molecule has 1 atom stereocenters. The van der Waals surface area contributed by atoms with E-state index in [1.54, 1.807) is 4.90 Å². The average Bonchev–Trinajstić information content (AvgIpc) is 3.07. The van der Waals surface area contributed by atoms with Crippen molar-refractivity contribution in [3.8, 4) is 0 Å². The number of hydrogen-bond acceptors (Lipinski definition) is 4. The SMILES string of the molecule is O=C(Cn1cnnn1)N1CCCCC1c1ccc(C(F)(F)F)cc1. The van der Waals surface area contributed by atoms with E-state index in [1.165, 1.54) is 23.1 Å². The Labute approximate surface area is 136 Å². The molecule has 2 heterocycles. The van der Waals surface area contributed by atoms with E-state index < -0.39 is 11.7 Å². The summed E-state index contributed by atoms with van der Waals surface area (Å²) in [6, 6.07) is 4.82. The normalized spacial score (nSPS) is 18.6. The van der Waals surface area contributed by atoms with Crippen LogP contribution in [0.5, 0.6) is 0 Å². The summed E-state index contributed by atoms with van der Waals surface area (Å²) in [4.78, 5) is 14.2. The molecule has 0 aliphatic carbocycles. The van der Waals surface area contributed by atoms with E-state index in [0.717, 1.165) is 31.4 Å². The minimum Gasteiger partial charge on any atom is -0.334 e. The van der Waals surface area contributed by atoms with Crippen molar-refractivity contribution in [3.63, 3.8) is 0 Å². The highest BCUT2D eigenvalue weighted by atomic mass is 19.4. The minimum atomic E-state index is -4.36. The predicted molar refractivity (Wildman–Crippen MR) is 77.6 cm³/mol. The molecule has 1 unspecified atom stereocenters. The second-order valence-electron chi connectivity index (χ2n) is 5.73. The molecule has 0 radical (unpaired) electrons. The Bertz CT molecular complexity index is 684. The molecule has 0 bridgehead atoms. The zero-order valence-corrected chi connectivity index (χ0v) is 12.8. The third kappa shape index (κ3) is 3.55. The second kappa shape index (κ2) is 6.58. The first-order valence-corrected chi connectivity index (χ1v) is 7.62. The fourth-order valence-corrected chi connectivity index (χ4v) is 2.95. The maximum atomic E-state index is 12.7. The van der Waals surface area contributed by atoms with Gasteiger partial charge in [0, 0.05) is 6.54 Å². The number of carbonyl (C=O) groups excluding carboxylic acids is 1. The molecule has 6 nitrogen and oxygen atoms in total. The third-order valence-electron chi connectivity index (χ3n) is 4.13. The largest absolute Gasteiger partial charge is 0.416 e. The molecule has 1 aromatic carbocycles. The number of piperidine rings is 1. The van der Waals surface area contributed by atoms with Crippen molar-refractivity contribution in [1.82, 2.24) is 25.1 Å². The molecule has 9 heteroatoms. The molecule has 1 fully saturated rings. The fourth-order valence-electron chi connectivity index (χ4n) is 2.95. The molecule has 3 rings (SSSR count). The molecule has 1 saturated heterocycles. The Morgan fingerprint density at radius 1 is 1.21 bits per heavy atom. The van der Waals surface area contributed by atoms with Crippen molar-refractivity contribution in [2.75, 3.05) is 6.54 Å². The van der Waals surface area contributed by atoms with Crippen LogP contribution in [0.1, 0.15) is 36.4 Å². The van der Waals surface area contributed by atoms with Crippen LogP contribution >= 0.6 is 0 Å². The number of benzene rings is 1. The molecule has 24 heavy (non-hydrogen) atoms. The van der Waals surface area contributed by atoms with Crippen molar-refractivity contribution in [2.45, 2.75) is 38.0 Å². The van der Waals surface area contributed by atoms with Crippen LogP contribution in [0.2, 0.25) is 0 Å². The van der Waals surface area contributed by atoms with Crippen molar-refractivity contribution < 1.29 is 18.0 Å². The molecular formula is C15H16F3N5O. The Morgan fingerprint density at radius 3 is 2.58 bits per heavy atom. The topological polar surface area (TPSA) is 63.9 Å². The van der Waals surface area contributed by atoms with Crippen molar-refractivity contribution >= 4 is 5.91 Å². The molecule has 128 valence electrons. The molecule has 1 aliphatic rings. The quantitative estimate of drug-likeness (QED) is 0.862. The van der Waals surface area contributed by atoms with Gasteiger partial charge in [0.2, 0.25) is 5.91 Å². The van der Waals surface area contributed by atoms with Crippen LogP contribution in [-0.4, -0.2) is 37.6 Å². The zero-order valence-electron chi connectivity index (χ0n) is 12.8. The van der Waals surface area contributed by atoms with Gasteiger partial charge >= 0.3 is 6.18 Å². The lowest BCUT2D eigenvalue weighted by Crippen LogP contribution is -2.40. The summed E-state index contributed by atoms with van der Waals surface area (Å²) in [5.41, 5.74) is 0.0291. The Balaban J connectivity index is 1.78. The number of carbonyl (C=O) groups is 1. The van der Waals surface area contributed by atoms with Gasteiger partial charge in [0.15, 0.2) is 0 Å². The van der Waals surface area contributed by atoms with Crippen molar-refractivity contribution in [2.24, 2.45) is 0 Å². The molecule has 1 amide bonds. The van der Waals surface area contributed by atoms with E-state index >= 15 is 0 Å². The average molecular weight is 339 g/mol. The first-order valence-electron chi connectivity index (χ1n) is 7.62. The van der Waals surface area contributed by atoms with Gasteiger partial charge in [0.05, 0.1) is 11.6 Å². The van der Waals surface area contributed by atoms with Gasteiger partial charge in [-0.1, -0.05) is 12.1 Å². The lowest BCUT2D eigenvalue weighted by Gasteiger charge is -2.36. The molecule has 2 aromatic rings. The van der Waals surface area contributed by atoms with E-state index in [0.29, 0.717) is 12.1 Å². The van der Waals surface area contributed by atoms with Crippen LogP contribution in [0.15, 0.2) is 30.6 Å². The number of nitrogens with zero attached hydrogens (tertiary/aromatic N) is 5. The van der Waals surface area contributed by atoms with Crippen LogP contribution < -0.4 is 0 Å². The molecule has 1 aromatic heterocycles. The fraction of sp³-hybridized carbons (Fsp3) is 0.467. The summed E-state index contributed by atoms with van der Waals surface area (Å²) in [5.74, 6) is -0.146. The number of rotatable bonds is 3. The lowest BCUT2D eigenvalue weighted by atomic mass is 9.94. The number of aromatic nitrogens is 4. The van der Waals surface area contributed by atoms with Crippen LogP contribution in [0, 0.1) is 0 Å². The van der Waals surface area contributed by atoms with Gasteiger partial charge in [-0.3, -0.25) is 4.79 Å². The maximum absolute atomic E-state index is 12.7. The first-order chi connectivity index (χ1) is 11.4. The molecular weight excluding hydrogens is 323 g/mol. The monoisotopic (exact) mass is 339 g/mol. The highest BCUT2D eigenvalue weighted by Gasteiger charge is 2.32. The number of amides is 1. The summed E-state index contributed by atoms with van der Waals surface area (Å²) in [7, 11) is 0. The molecule has 0 N–H and O–H groups in total. The van der Waals surface area contributed by atoms with Crippen LogP contribution in [0.25, 0.3) is 0 Å². The van der Waals surface area contributed by atoms with E-state index in [9.17, 15) is 18.0 Å². The Kier molecular flexibility index (Phi) is 4.50. The molecule has 1 aliphatic heterocycles. The second-order valence-corrected chi connectivity index (χ2v) is 5.73. The van der Waals surface area contributed by atoms with E-state index in [-0.39, 0.29) is 18.5 Å². The summed E-state index contributed by atoms with van der Waals surface area (Å²) in [6.07, 6.45) is -0.471. The van der Waals surface area contributed by atoms with Gasteiger partial charge in [-0.15, -0.1) is 5.10 Å². The van der Waals surface area contributed by atoms with Gasteiger partial charge in [-0.05, 0) is 47.4 Å². The van der Waals surface area contributed by atoms with Crippen molar-refractivity contribution in [3.05, 3.63) is 41.7 Å². The van der Waals surface area contributed by atoms with Gasteiger partial charge in [-0.25, -0.2) is 4.68 Å². The van der Waals surface area contributed by atoms with E-state index in [2.05, 4.69) is 15.5 Å². The summed E-state index contributed by atoms with van der Waals surface area (Å²) < 4.78 is 39.4. The Morgan fingerprint density at radius 2 is 1.96 bits per heavy atom. The number of likely N-dealkylation sites (tertiary alicyclic amines) is 1. The number of halogens is 3. The maximum Gasteiger partial charge on any atom is 0.416 e. The third-order valence-corrected chi connectivity index (χ3v) is 4.13. The van der Waals surface area contributed by atoms with E-state index in [1.807, 2.05) is 0 Å². The summed E-state index contributed by atoms with van der Waals surface area (Å²) >= 11 is 0. The van der Waals surface area contributed by atoms with Crippen LogP contribution in [0.3, 0.4) is 0 Å².